The standard InChI is InChI=1S/2C16H15ClFN3O.2C16H18ClFN2O.C15H13ClFN3O.C14H13BrClFN2O.C14H11ClFN3O/c1-10(2)21-9-11(19-3)7-15(21)16(22)20-8-12-13(17)5-4-6-14(12)18;1-10(2)21-14(7-8-15(21)19-3)16(22)20-9-11-12(17)5-4-6-13(11)18;2*1-10(2)20-9-5-8-14(20)16(21)19-11(3)15-12(17)6-4-7-13(15)18;1-3-20-13(7-8-14(20)18-2)15(21)19-9-10-11(16)5-4-6-12(10)17;1-2-19-12(6-7-13(19)15)14(20)18-8-9-10(16)4-3-5-11(9)17;1-17-9-6-13(19(2)8-9)14(20)18-7-10-11(15)4-3-5-12(10)16/h4-7,9-10H,8H2,1-2H3,(H,20,22);4-8,10H,9H2,1-2H3,(H,20,22);2*4-11H,1-3H3,(H,19,21);4-8H,3,9H2,1H3,(H,19,21);3-7H,2,8H2,1H3,(H,18,20);3-6,8H,7H2,2H3,(H,18,20)/t;;11-;;;;/m..1..../s1. The molecule has 0 saturated carbocycles. The van der Waals surface area contributed by atoms with Crippen LogP contribution in [-0.2, 0) is 52.9 Å². The van der Waals surface area contributed by atoms with Gasteiger partial charge in [-0.2, -0.15) is 0 Å². The Labute approximate surface area is 890 Å². The zero-order valence-corrected chi connectivity index (χ0v) is 88.6. The van der Waals surface area contributed by atoms with Crippen LogP contribution in [0, 0.1) is 67.0 Å². The van der Waals surface area contributed by atoms with E-state index in [-0.39, 0.29) is 146 Å². The number of hydrogen-bond acceptors (Lipinski definition) is 7. The van der Waals surface area contributed by atoms with E-state index in [1.165, 1.54) is 84.9 Å². The third-order valence-electron chi connectivity index (χ3n) is 22.1. The zero-order chi connectivity index (χ0) is 108. The Kier molecular flexibility index (Phi) is 45.3. The molecule has 7 N–H and O–H groups in total. The third kappa shape index (κ3) is 31.9. The van der Waals surface area contributed by atoms with Crippen molar-refractivity contribution < 1.29 is 64.3 Å². The molecule has 0 spiro atoms. The second-order valence-corrected chi connectivity index (χ2v) is 36.9. The molecule has 0 radical (unpaired) electrons. The average Bonchev–Trinajstić information content (AvgIpc) is 1.16. The monoisotopic (exact) mass is 2210 g/mol. The van der Waals surface area contributed by atoms with Crippen molar-refractivity contribution in [2.24, 2.45) is 7.05 Å². The quantitative estimate of drug-likeness (QED) is 0.0193. The first-order valence-electron chi connectivity index (χ1n) is 45.4. The highest BCUT2D eigenvalue weighted by Crippen LogP contribution is 2.33. The normalized spacial score (nSPS) is 11.0. The van der Waals surface area contributed by atoms with Gasteiger partial charge in [-0.1, -0.05) is 137 Å². The molecule has 25 nitrogen and oxygen atoms in total. The van der Waals surface area contributed by atoms with Crippen LogP contribution < -0.4 is 37.2 Å². The molecule has 0 aliphatic carbocycles. The number of carbonyl (C=O) groups is 7. The minimum absolute atomic E-state index is 0.00736. The summed E-state index contributed by atoms with van der Waals surface area (Å²) in [5, 5.41) is 20.7. The third-order valence-corrected chi connectivity index (χ3v) is 25.2. The van der Waals surface area contributed by atoms with Crippen molar-refractivity contribution in [2.75, 3.05) is 0 Å². The molecule has 147 heavy (non-hydrogen) atoms. The lowest BCUT2D eigenvalue weighted by Crippen LogP contribution is -2.29. The molecule has 2 atom stereocenters. The molecule has 40 heteroatoms. The molecule has 0 bridgehead atoms. The minimum atomic E-state index is -0.512. The lowest BCUT2D eigenvalue weighted by molar-refractivity contribution is 0.0920. The van der Waals surface area contributed by atoms with Crippen LogP contribution >= 0.6 is 97.1 Å². The van der Waals surface area contributed by atoms with Crippen LogP contribution in [0.5, 0.6) is 0 Å². The van der Waals surface area contributed by atoms with Crippen LogP contribution in [0.15, 0.2) is 230 Å². The summed E-state index contributed by atoms with van der Waals surface area (Å²) >= 11 is 45.0. The van der Waals surface area contributed by atoms with E-state index in [4.69, 9.17) is 107 Å². The van der Waals surface area contributed by atoms with Crippen molar-refractivity contribution in [1.29, 1.82) is 0 Å². The number of halogens is 15. The highest BCUT2D eigenvalue weighted by molar-refractivity contribution is 9.10. The van der Waals surface area contributed by atoms with Crippen LogP contribution in [0.25, 0.3) is 19.4 Å². The van der Waals surface area contributed by atoms with Gasteiger partial charge in [0.1, 0.15) is 57.8 Å². The Hall–Kier alpha value is -14.2. The van der Waals surface area contributed by atoms with E-state index in [1.54, 1.807) is 155 Å². The lowest BCUT2D eigenvalue weighted by atomic mass is 10.1. The van der Waals surface area contributed by atoms with Gasteiger partial charge in [0.05, 0.1) is 53.8 Å². The summed E-state index contributed by atoms with van der Waals surface area (Å²) in [7, 11) is 1.67. The molecule has 7 heterocycles. The van der Waals surface area contributed by atoms with Gasteiger partial charge in [0.25, 0.3) is 41.4 Å². The Bertz CT molecular complexity index is 6830. The molecule has 7 aromatic carbocycles. The average molecular weight is 2210 g/mol. The van der Waals surface area contributed by atoms with Crippen molar-refractivity contribution >= 4 is 161 Å². The SMILES string of the molecule is CC(C)n1cccc1C(=O)N[C@H](C)c1c(F)cccc1Cl.CC(NC(=O)c1cccn1C(C)C)c1c(F)cccc1Cl.CCn1c(Br)ccc1C(=O)NCc1c(F)cccc1Cl.[C-]#[N+]c1cc(C(=O)NCc2c(F)cccc2Cl)n(C(C)C)c1.[C-]#[N+]c1cc(C(=O)NCc2c(F)cccc2Cl)n(C)c1.[C-]#[N+]c1ccc(C(=O)NCc2c(F)cccc2Cl)n1C(C)C.[C-]#[N+]c1ccc(C(=O)NCc2c(F)cccc2Cl)n1CC. The van der Waals surface area contributed by atoms with Gasteiger partial charge in [-0.05, 0) is 257 Å². The number of carbonyl (C=O) groups excluding carboxylic acids is 7. The number of rotatable bonds is 27. The Balaban J connectivity index is 0.000000209. The molecule has 7 amide bonds. The van der Waals surface area contributed by atoms with Gasteiger partial charge in [-0.15, -0.1) is 0 Å². The second kappa shape index (κ2) is 56.5. The number of hydrogen-bond donors (Lipinski definition) is 7. The first-order chi connectivity index (χ1) is 69.9. The first-order valence-corrected chi connectivity index (χ1v) is 48.8. The molecule has 14 rings (SSSR count). The fourth-order valence-electron chi connectivity index (χ4n) is 14.7. The Morgan fingerprint density at radius 1 is 0.320 bits per heavy atom. The van der Waals surface area contributed by atoms with Crippen LogP contribution in [-0.4, -0.2) is 73.3 Å². The van der Waals surface area contributed by atoms with E-state index in [2.05, 4.69) is 72.5 Å². The number of nitrogens with zero attached hydrogens (tertiary/aromatic N) is 11. The predicted molar refractivity (Wildman–Crippen MR) is 565 cm³/mol. The molecule has 768 valence electrons. The van der Waals surface area contributed by atoms with E-state index >= 15 is 0 Å². The summed E-state index contributed by atoms with van der Waals surface area (Å²) in [6, 6.07) is 50.2. The van der Waals surface area contributed by atoms with E-state index in [0.717, 1.165) is 4.60 Å². The van der Waals surface area contributed by atoms with Crippen molar-refractivity contribution in [2.45, 2.75) is 165 Å². The van der Waals surface area contributed by atoms with Crippen molar-refractivity contribution in [3.8, 4) is 0 Å². The van der Waals surface area contributed by atoms with Gasteiger partial charge in [0, 0.05) is 163 Å². The molecule has 7 aromatic heterocycles. The molecular weight excluding hydrogens is 2110 g/mol. The van der Waals surface area contributed by atoms with Gasteiger partial charge >= 0.3 is 0 Å². The lowest BCUT2D eigenvalue weighted by Gasteiger charge is -2.18. The van der Waals surface area contributed by atoms with Crippen LogP contribution in [0.1, 0.15) is 232 Å². The van der Waals surface area contributed by atoms with Crippen LogP contribution in [0.4, 0.5) is 53.7 Å². The summed E-state index contributed by atoms with van der Waals surface area (Å²) in [6.45, 7) is 52.1. The van der Waals surface area contributed by atoms with Crippen LogP contribution in [0.2, 0.25) is 35.2 Å². The van der Waals surface area contributed by atoms with Crippen molar-refractivity contribution in [3.05, 3.63) is 430 Å². The number of amides is 7. The summed E-state index contributed by atoms with van der Waals surface area (Å²) in [5.41, 5.74) is 5.68. The fraction of sp³-hybridized carbons (Fsp3) is 0.243. The summed E-state index contributed by atoms with van der Waals surface area (Å²) in [5.74, 6) is -4.61. The summed E-state index contributed by atoms with van der Waals surface area (Å²) in [4.78, 5) is 98.8. The van der Waals surface area contributed by atoms with Crippen LogP contribution in [0.3, 0.4) is 0 Å². The minimum Gasteiger partial charge on any atom is -0.364 e. The smallest absolute Gasteiger partial charge is 0.289 e. The van der Waals surface area contributed by atoms with Gasteiger partial charge in [-0.25, -0.2) is 40.4 Å². The summed E-state index contributed by atoms with van der Waals surface area (Å²) in [6.07, 6.45) is 6.88. The van der Waals surface area contributed by atoms with Gasteiger partial charge < -0.3 is 69.7 Å². The molecule has 0 aliphatic rings. The van der Waals surface area contributed by atoms with E-state index in [1.807, 2.05) is 107 Å². The maximum atomic E-state index is 13.9. The zero-order valence-electron chi connectivity index (χ0n) is 81.7. The largest absolute Gasteiger partial charge is 0.364 e. The molecule has 1 unspecified atom stereocenters. The van der Waals surface area contributed by atoms with Crippen molar-refractivity contribution in [1.82, 2.24) is 69.2 Å². The maximum Gasteiger partial charge on any atom is 0.289 e. The van der Waals surface area contributed by atoms with E-state index in [0.29, 0.717) is 102 Å². The first kappa shape index (κ1) is 118. The molecule has 0 aliphatic heterocycles. The van der Waals surface area contributed by atoms with Crippen molar-refractivity contribution in [3.63, 3.8) is 0 Å². The van der Waals surface area contributed by atoms with E-state index < -0.39 is 52.8 Å². The highest BCUT2D eigenvalue weighted by Gasteiger charge is 2.27. The number of aromatic nitrogens is 7. The second-order valence-electron chi connectivity index (χ2n) is 33.2. The van der Waals surface area contributed by atoms with Gasteiger partial charge in [0.2, 0.25) is 23.0 Å². The van der Waals surface area contributed by atoms with Gasteiger partial charge in [0.15, 0.2) is 11.4 Å². The topological polar surface area (TPSA) is 256 Å². The Morgan fingerprint density at radius 3 is 0.939 bits per heavy atom. The highest BCUT2D eigenvalue weighted by atomic mass is 79.9. The number of benzene rings is 7. The number of nitrogens with one attached hydrogen (secondary N) is 7. The van der Waals surface area contributed by atoms with Gasteiger partial charge in [-0.3, -0.25) is 42.7 Å². The number of aryl methyl sites for hydroxylation is 1. The Morgan fingerprint density at radius 2 is 0.619 bits per heavy atom. The molecular formula is C107H103BrCl7F7N18O7. The van der Waals surface area contributed by atoms with E-state index in [9.17, 15) is 64.3 Å². The molecule has 0 saturated heterocycles. The fourth-order valence-corrected chi connectivity index (χ4v) is 17.1. The molecule has 14 aromatic rings. The summed E-state index contributed by atoms with van der Waals surface area (Å²) < 4.78 is 109. The predicted octanol–water partition coefficient (Wildman–Crippen LogP) is 28.5. The molecule has 0 fully saturated rings. The maximum absolute atomic E-state index is 13.9.